The van der Waals surface area contributed by atoms with Crippen LogP contribution in [0.15, 0.2) is 0 Å². The summed E-state index contributed by atoms with van der Waals surface area (Å²) in [5.74, 6) is -0.138. The second-order valence-electron chi connectivity index (χ2n) is 5.61. The Kier molecular flexibility index (Phi) is 5.48. The van der Waals surface area contributed by atoms with Crippen LogP contribution >= 0.6 is 0 Å². The Bertz CT molecular complexity index is 264. The highest BCUT2D eigenvalue weighted by Crippen LogP contribution is 2.37. The fraction of sp³-hybridized carbons (Fsp3) is 0.933. The van der Waals surface area contributed by atoms with Gasteiger partial charge in [-0.15, -0.1) is 0 Å². The second kappa shape index (κ2) is 7.13. The molecule has 3 nitrogen and oxygen atoms in total. The van der Waals surface area contributed by atoms with Crippen molar-refractivity contribution in [1.82, 2.24) is 0 Å². The summed E-state index contributed by atoms with van der Waals surface area (Å²) >= 11 is 0. The average Bonchev–Trinajstić information content (AvgIpc) is 3.10. The predicted molar refractivity (Wildman–Crippen MR) is 70.4 cm³/mol. The van der Waals surface area contributed by atoms with Crippen LogP contribution in [0.4, 0.5) is 0 Å². The highest BCUT2D eigenvalue weighted by molar-refractivity contribution is 5.81. The van der Waals surface area contributed by atoms with E-state index in [9.17, 15) is 4.79 Å². The van der Waals surface area contributed by atoms with E-state index in [1.54, 1.807) is 0 Å². The molecule has 0 aliphatic carbocycles. The highest BCUT2D eigenvalue weighted by Gasteiger charge is 2.58. The molecule has 3 heteroatoms. The summed E-state index contributed by atoms with van der Waals surface area (Å²) in [6.07, 6.45) is 12.9. The van der Waals surface area contributed by atoms with E-state index in [2.05, 4.69) is 6.92 Å². The molecule has 0 radical (unpaired) electrons. The van der Waals surface area contributed by atoms with Gasteiger partial charge in [0.05, 0.1) is 0 Å². The molecule has 0 amide bonds. The number of rotatable bonds is 10. The standard InChI is InChI=1S/C15H26O3/c1-2-3-4-5-6-7-8-9-10-11-12-13-14(18-13)15(16)17-12/h12-14H,2-11H2,1H3/t12?,13-,14-/m1/s1. The van der Waals surface area contributed by atoms with Gasteiger partial charge in [-0.1, -0.05) is 58.3 Å². The van der Waals surface area contributed by atoms with Gasteiger partial charge in [0.15, 0.2) is 6.10 Å². The topological polar surface area (TPSA) is 38.8 Å². The Morgan fingerprint density at radius 1 is 0.944 bits per heavy atom. The van der Waals surface area contributed by atoms with E-state index in [1.165, 1.54) is 57.8 Å². The first kappa shape index (κ1) is 13.9. The molecule has 2 heterocycles. The fourth-order valence-electron chi connectivity index (χ4n) is 2.76. The maximum atomic E-state index is 11.1. The van der Waals surface area contributed by atoms with Crippen LogP contribution in [0, 0.1) is 0 Å². The largest absolute Gasteiger partial charge is 0.457 e. The van der Waals surface area contributed by atoms with Gasteiger partial charge in [0.25, 0.3) is 0 Å². The average molecular weight is 254 g/mol. The normalized spacial score (nSPS) is 29.2. The number of unbranched alkanes of at least 4 members (excludes halogenated alkanes) is 8. The van der Waals surface area contributed by atoms with E-state index >= 15 is 0 Å². The predicted octanol–water partition coefficient (Wildman–Crippen LogP) is 3.60. The molecule has 18 heavy (non-hydrogen) atoms. The lowest BCUT2D eigenvalue weighted by atomic mass is 10.0. The summed E-state index contributed by atoms with van der Waals surface area (Å²) in [4.78, 5) is 11.1. The molecule has 0 bridgehead atoms. The Morgan fingerprint density at radius 3 is 2.06 bits per heavy atom. The third-order valence-electron chi connectivity index (χ3n) is 3.98. The third-order valence-corrected chi connectivity index (χ3v) is 3.98. The molecule has 2 rings (SSSR count). The Balaban J connectivity index is 1.37. The third kappa shape index (κ3) is 3.98. The van der Waals surface area contributed by atoms with E-state index < -0.39 is 0 Å². The van der Waals surface area contributed by atoms with Crippen molar-refractivity contribution >= 4 is 5.97 Å². The number of carbonyl (C=O) groups is 1. The minimum atomic E-state index is -0.200. The number of carbonyl (C=O) groups excluding carboxylic acids is 1. The second-order valence-corrected chi connectivity index (χ2v) is 5.61. The fourth-order valence-corrected chi connectivity index (χ4v) is 2.76. The molecule has 0 N–H and O–H groups in total. The van der Waals surface area contributed by atoms with Gasteiger partial charge in [0, 0.05) is 0 Å². The zero-order valence-corrected chi connectivity index (χ0v) is 11.5. The zero-order chi connectivity index (χ0) is 12.8. The Morgan fingerprint density at radius 2 is 1.56 bits per heavy atom. The van der Waals surface area contributed by atoms with Crippen molar-refractivity contribution in [1.29, 1.82) is 0 Å². The molecule has 0 aromatic heterocycles. The summed E-state index contributed by atoms with van der Waals surface area (Å²) < 4.78 is 10.5. The van der Waals surface area contributed by atoms with Gasteiger partial charge >= 0.3 is 5.97 Å². The first-order valence-corrected chi connectivity index (χ1v) is 7.69. The molecule has 2 fully saturated rings. The molecule has 0 aromatic rings. The number of epoxide rings is 1. The summed E-state index contributed by atoms with van der Waals surface area (Å²) in [6.45, 7) is 2.25. The van der Waals surface area contributed by atoms with Crippen LogP contribution in [-0.2, 0) is 14.3 Å². The summed E-state index contributed by atoms with van der Waals surface area (Å²) in [7, 11) is 0. The van der Waals surface area contributed by atoms with Gasteiger partial charge in [-0.3, -0.25) is 0 Å². The van der Waals surface area contributed by atoms with Crippen LogP contribution < -0.4 is 0 Å². The zero-order valence-electron chi connectivity index (χ0n) is 11.5. The molecule has 2 saturated heterocycles. The lowest BCUT2D eigenvalue weighted by Crippen LogP contribution is -2.15. The van der Waals surface area contributed by atoms with Crippen LogP contribution in [0.5, 0.6) is 0 Å². The van der Waals surface area contributed by atoms with Crippen molar-refractivity contribution in [2.75, 3.05) is 0 Å². The van der Waals surface area contributed by atoms with Crippen molar-refractivity contribution in [2.45, 2.75) is 89.4 Å². The Labute approximate surface area is 110 Å². The first-order valence-electron chi connectivity index (χ1n) is 7.69. The van der Waals surface area contributed by atoms with E-state index in [-0.39, 0.29) is 24.3 Å². The molecular formula is C15H26O3. The lowest BCUT2D eigenvalue weighted by Gasteiger charge is -2.10. The molecule has 1 unspecified atom stereocenters. The van der Waals surface area contributed by atoms with Gasteiger partial charge in [-0.2, -0.15) is 0 Å². The van der Waals surface area contributed by atoms with Crippen LogP contribution in [-0.4, -0.2) is 24.3 Å². The molecule has 2 aliphatic heterocycles. The van der Waals surface area contributed by atoms with Gasteiger partial charge in [-0.25, -0.2) is 4.79 Å². The molecule has 2 aliphatic rings. The summed E-state index contributed by atoms with van der Waals surface area (Å²) in [6, 6.07) is 0. The minimum Gasteiger partial charge on any atom is -0.457 e. The van der Waals surface area contributed by atoms with E-state index in [0.29, 0.717) is 0 Å². The number of ether oxygens (including phenoxy) is 2. The maximum absolute atomic E-state index is 11.1. The molecule has 0 saturated carbocycles. The number of esters is 1. The van der Waals surface area contributed by atoms with Gasteiger partial charge < -0.3 is 9.47 Å². The van der Waals surface area contributed by atoms with Crippen LogP contribution in [0.1, 0.15) is 71.1 Å². The van der Waals surface area contributed by atoms with Gasteiger partial charge in [0.2, 0.25) is 0 Å². The van der Waals surface area contributed by atoms with Crippen LogP contribution in [0.25, 0.3) is 0 Å². The van der Waals surface area contributed by atoms with E-state index in [4.69, 9.17) is 9.47 Å². The minimum absolute atomic E-state index is 0.0621. The van der Waals surface area contributed by atoms with Crippen LogP contribution in [0.2, 0.25) is 0 Å². The van der Waals surface area contributed by atoms with Crippen molar-refractivity contribution in [3.05, 3.63) is 0 Å². The molecule has 0 aromatic carbocycles. The van der Waals surface area contributed by atoms with Crippen molar-refractivity contribution in [3.8, 4) is 0 Å². The number of cyclic esters (lactones) is 1. The molecule has 3 atom stereocenters. The number of hydrogen-bond donors (Lipinski definition) is 0. The smallest absolute Gasteiger partial charge is 0.338 e. The van der Waals surface area contributed by atoms with Crippen molar-refractivity contribution in [3.63, 3.8) is 0 Å². The summed E-state index contributed by atoms with van der Waals surface area (Å²) in [5, 5.41) is 0. The SMILES string of the molecule is CCCCCCCCCCCC1OC(=O)[C@@H]2O[C@H]12. The van der Waals surface area contributed by atoms with Gasteiger partial charge in [0.1, 0.15) is 12.2 Å². The molecular weight excluding hydrogens is 228 g/mol. The number of fused-ring (bicyclic) bond motifs is 1. The van der Waals surface area contributed by atoms with Crippen molar-refractivity contribution in [2.24, 2.45) is 0 Å². The van der Waals surface area contributed by atoms with Crippen molar-refractivity contribution < 1.29 is 14.3 Å². The maximum Gasteiger partial charge on any atom is 0.338 e. The summed E-state index contributed by atoms with van der Waals surface area (Å²) in [5.41, 5.74) is 0. The van der Waals surface area contributed by atoms with Gasteiger partial charge in [-0.05, 0) is 12.8 Å². The van der Waals surface area contributed by atoms with E-state index in [0.717, 1.165) is 6.42 Å². The van der Waals surface area contributed by atoms with E-state index in [1.807, 2.05) is 0 Å². The number of hydrogen-bond acceptors (Lipinski definition) is 3. The lowest BCUT2D eigenvalue weighted by molar-refractivity contribution is -0.149. The quantitative estimate of drug-likeness (QED) is 0.340. The molecule has 104 valence electrons. The van der Waals surface area contributed by atoms with Crippen LogP contribution in [0.3, 0.4) is 0 Å². The Hall–Kier alpha value is -0.570. The highest BCUT2D eigenvalue weighted by atomic mass is 16.7. The monoisotopic (exact) mass is 254 g/mol. The molecule has 0 spiro atoms. The first-order chi connectivity index (χ1) is 8.83.